The van der Waals surface area contributed by atoms with Gasteiger partial charge in [0.1, 0.15) is 11.7 Å². The van der Waals surface area contributed by atoms with Gasteiger partial charge in [0.15, 0.2) is 16.6 Å². The number of hydrogen-bond acceptors (Lipinski definition) is 6. The van der Waals surface area contributed by atoms with Crippen LogP contribution in [0.3, 0.4) is 0 Å². The molecule has 0 saturated heterocycles. The number of fused-ring (bicyclic) bond motifs is 1. The van der Waals surface area contributed by atoms with E-state index in [0.717, 1.165) is 31.3 Å². The van der Waals surface area contributed by atoms with Crippen molar-refractivity contribution in [1.82, 2.24) is 0 Å². The van der Waals surface area contributed by atoms with Crippen molar-refractivity contribution in [2.45, 2.75) is 181 Å². The Morgan fingerprint density at radius 1 is 0.980 bits per heavy atom. The van der Waals surface area contributed by atoms with Crippen LogP contribution < -0.4 is 0 Å². The molecule has 286 valence electrons. The standard InChI is InChI=1S/C42H74O6Si2/c1-17-45-38(44)46-41(10,11)37(43)25-20-29(2)34-23-24-35-31(19-18-26-42(34,35)12)21-22-32-27-33(47-49(13,14)39(4,5)6)28-36(30(32)3)48-50(15,16)40(7,8)9/h20-22,25,29,33-37,43H,3,17-19,23-24,26-28H2,1-2,4-16H3/b25-20+,31-21+,32-22-/t29-,33-,34-,35+,36+,37-,42-/m1/s1. The predicted molar refractivity (Wildman–Crippen MR) is 213 cm³/mol. The average molecular weight is 731 g/mol. The van der Waals surface area contributed by atoms with E-state index in [0.29, 0.717) is 11.8 Å². The van der Waals surface area contributed by atoms with E-state index < -0.39 is 34.5 Å². The van der Waals surface area contributed by atoms with Crippen molar-refractivity contribution in [3.8, 4) is 0 Å². The molecule has 0 aromatic heterocycles. The van der Waals surface area contributed by atoms with Crippen molar-refractivity contribution in [3.05, 3.63) is 47.6 Å². The Morgan fingerprint density at radius 3 is 2.16 bits per heavy atom. The van der Waals surface area contributed by atoms with Gasteiger partial charge in [-0.1, -0.05) is 91.8 Å². The van der Waals surface area contributed by atoms with Gasteiger partial charge in [0.2, 0.25) is 0 Å². The van der Waals surface area contributed by atoms with Crippen LogP contribution in [0.5, 0.6) is 0 Å². The molecule has 0 bridgehead atoms. The number of aliphatic hydroxyl groups excluding tert-OH is 1. The van der Waals surface area contributed by atoms with E-state index in [1.54, 1.807) is 26.3 Å². The molecule has 7 atom stereocenters. The summed E-state index contributed by atoms with van der Waals surface area (Å²) in [6.07, 6.45) is 14.8. The molecular formula is C42H74O6Si2. The van der Waals surface area contributed by atoms with E-state index in [4.69, 9.17) is 18.3 Å². The van der Waals surface area contributed by atoms with Crippen molar-refractivity contribution < 1.29 is 28.2 Å². The molecule has 0 unspecified atom stereocenters. The van der Waals surface area contributed by atoms with Crippen LogP contribution in [0.25, 0.3) is 0 Å². The third-order valence-corrected chi connectivity index (χ3v) is 22.3. The fourth-order valence-corrected chi connectivity index (χ4v) is 10.6. The smallest absolute Gasteiger partial charge is 0.435 e. The minimum Gasteiger partial charge on any atom is -0.435 e. The molecule has 3 aliphatic rings. The van der Waals surface area contributed by atoms with E-state index in [1.165, 1.54) is 24.8 Å². The number of aliphatic hydroxyl groups is 1. The molecule has 6 nitrogen and oxygen atoms in total. The van der Waals surface area contributed by atoms with Gasteiger partial charge in [-0.05, 0) is 130 Å². The monoisotopic (exact) mass is 731 g/mol. The molecule has 3 aliphatic carbocycles. The fourth-order valence-electron chi connectivity index (χ4n) is 7.98. The zero-order chi connectivity index (χ0) is 38.1. The highest BCUT2D eigenvalue weighted by Crippen LogP contribution is 2.59. The molecule has 1 N–H and O–H groups in total. The summed E-state index contributed by atoms with van der Waals surface area (Å²) in [5.74, 6) is 1.34. The lowest BCUT2D eigenvalue weighted by molar-refractivity contribution is -0.0658. The molecule has 3 rings (SSSR count). The van der Waals surface area contributed by atoms with Crippen molar-refractivity contribution in [3.63, 3.8) is 0 Å². The third kappa shape index (κ3) is 9.94. The normalized spacial score (nSPS) is 30.1. The van der Waals surface area contributed by atoms with Gasteiger partial charge in [0.25, 0.3) is 0 Å². The number of rotatable bonds is 11. The van der Waals surface area contributed by atoms with Gasteiger partial charge in [0.05, 0.1) is 18.8 Å². The maximum absolute atomic E-state index is 11.9. The van der Waals surface area contributed by atoms with E-state index in [2.05, 4.69) is 106 Å². The highest BCUT2D eigenvalue weighted by Gasteiger charge is 2.50. The molecule has 8 heteroatoms. The Hall–Kier alpha value is -1.46. The SMILES string of the molecule is C=C1/C(=C\C=C2/CCC[C@]3(C)[C@@H]([C@H](C)/C=C/[C@@H](O)C(C)(C)OC(=O)OCC)CC[C@@H]23)C[C@@H](O[Si](C)(C)C(C)(C)C)C[C@@H]1O[Si](C)(C)C(C)(C)C. The van der Waals surface area contributed by atoms with E-state index in [1.807, 2.05) is 6.08 Å². The van der Waals surface area contributed by atoms with Crippen LogP contribution in [0, 0.1) is 23.2 Å². The van der Waals surface area contributed by atoms with E-state index in [-0.39, 0.29) is 40.2 Å². The summed E-state index contributed by atoms with van der Waals surface area (Å²) in [6, 6.07) is 0. The molecule has 3 fully saturated rings. The van der Waals surface area contributed by atoms with Crippen LogP contribution >= 0.6 is 0 Å². The quantitative estimate of drug-likeness (QED) is 0.130. The zero-order valence-corrected chi connectivity index (χ0v) is 36.6. The van der Waals surface area contributed by atoms with Gasteiger partial charge >= 0.3 is 6.16 Å². The first-order valence-electron chi connectivity index (χ1n) is 19.4. The maximum atomic E-state index is 11.9. The first-order chi connectivity index (χ1) is 22.8. The van der Waals surface area contributed by atoms with Crippen molar-refractivity contribution in [2.24, 2.45) is 23.2 Å². The first-order valence-corrected chi connectivity index (χ1v) is 25.2. The van der Waals surface area contributed by atoms with Crippen molar-refractivity contribution in [1.29, 1.82) is 0 Å². The number of allylic oxidation sites excluding steroid dienone is 4. The van der Waals surface area contributed by atoms with Gasteiger partial charge < -0.3 is 23.4 Å². The lowest BCUT2D eigenvalue weighted by Crippen LogP contribution is -2.49. The van der Waals surface area contributed by atoms with E-state index >= 15 is 0 Å². The Morgan fingerprint density at radius 2 is 1.58 bits per heavy atom. The van der Waals surface area contributed by atoms with Crippen LogP contribution in [-0.2, 0) is 18.3 Å². The highest BCUT2D eigenvalue weighted by atomic mass is 28.4. The summed E-state index contributed by atoms with van der Waals surface area (Å²) in [7, 11) is -3.99. The van der Waals surface area contributed by atoms with Crippen LogP contribution in [0.1, 0.15) is 121 Å². The lowest BCUT2D eigenvalue weighted by Gasteiger charge is -2.45. The molecule has 0 aromatic rings. The second-order valence-corrected chi connectivity index (χ2v) is 29.0. The van der Waals surface area contributed by atoms with Crippen LogP contribution in [0.2, 0.25) is 36.3 Å². The predicted octanol–water partition coefficient (Wildman–Crippen LogP) is 11.7. The van der Waals surface area contributed by atoms with Gasteiger partial charge in [-0.2, -0.15) is 0 Å². The fraction of sp³-hybridized carbons (Fsp3) is 0.786. The van der Waals surface area contributed by atoms with E-state index in [9.17, 15) is 9.90 Å². The Labute approximate surface area is 308 Å². The molecule has 0 aliphatic heterocycles. The Balaban J connectivity index is 1.85. The largest absolute Gasteiger partial charge is 0.508 e. The molecule has 0 amide bonds. The highest BCUT2D eigenvalue weighted by molar-refractivity contribution is 6.74. The molecule has 3 saturated carbocycles. The van der Waals surface area contributed by atoms with Gasteiger partial charge in [-0.3, -0.25) is 0 Å². The second-order valence-electron chi connectivity index (χ2n) is 19.4. The summed E-state index contributed by atoms with van der Waals surface area (Å²) in [5.41, 5.74) is 3.11. The maximum Gasteiger partial charge on any atom is 0.508 e. The average Bonchev–Trinajstić information content (AvgIpc) is 3.32. The number of carbonyl (C=O) groups is 1. The summed E-state index contributed by atoms with van der Waals surface area (Å²) in [4.78, 5) is 11.9. The molecular weight excluding hydrogens is 657 g/mol. The van der Waals surface area contributed by atoms with Crippen LogP contribution in [-0.4, -0.2) is 58.4 Å². The van der Waals surface area contributed by atoms with Gasteiger partial charge in [-0.15, -0.1) is 0 Å². The van der Waals surface area contributed by atoms with Gasteiger partial charge in [0, 0.05) is 6.42 Å². The molecule has 0 spiro atoms. The summed E-state index contributed by atoms with van der Waals surface area (Å²) >= 11 is 0. The number of ether oxygens (including phenoxy) is 2. The first kappa shape index (κ1) is 43.0. The molecule has 0 aromatic carbocycles. The van der Waals surface area contributed by atoms with Crippen molar-refractivity contribution >= 4 is 22.8 Å². The number of hydrogen-bond donors (Lipinski definition) is 1. The summed E-state index contributed by atoms with van der Waals surface area (Å²) in [6.45, 7) is 38.2. The zero-order valence-electron chi connectivity index (χ0n) is 34.6. The molecule has 0 radical (unpaired) electrons. The summed E-state index contributed by atoms with van der Waals surface area (Å²) in [5, 5.41) is 11.2. The number of carbonyl (C=O) groups excluding carboxylic acids is 1. The third-order valence-electron chi connectivity index (χ3n) is 13.3. The minimum absolute atomic E-state index is 0.0211. The van der Waals surface area contributed by atoms with Crippen LogP contribution in [0.4, 0.5) is 4.79 Å². The van der Waals surface area contributed by atoms with Crippen LogP contribution in [0.15, 0.2) is 47.6 Å². The van der Waals surface area contributed by atoms with Gasteiger partial charge in [-0.25, -0.2) is 4.79 Å². The topological polar surface area (TPSA) is 74.2 Å². The second kappa shape index (κ2) is 15.9. The minimum atomic E-state index is -2.02. The Kier molecular flexibility index (Phi) is 13.6. The molecule has 0 heterocycles. The van der Waals surface area contributed by atoms with Crippen molar-refractivity contribution in [2.75, 3.05) is 6.61 Å². The molecule has 50 heavy (non-hydrogen) atoms. The summed E-state index contributed by atoms with van der Waals surface area (Å²) < 4.78 is 24.5. The lowest BCUT2D eigenvalue weighted by atomic mass is 9.61. The Bertz CT molecular complexity index is 1300.